The first-order valence-corrected chi connectivity index (χ1v) is 14.1. The van der Waals surface area contributed by atoms with Gasteiger partial charge in [0.25, 0.3) is 0 Å². The van der Waals surface area contributed by atoms with Crippen LogP contribution in [-0.4, -0.2) is 28.7 Å². The molecule has 4 unspecified atom stereocenters. The molecule has 4 aromatic rings. The van der Waals surface area contributed by atoms with Crippen LogP contribution in [0, 0.1) is 33.6 Å². The molecule has 3 aromatic heterocycles. The molecule has 0 spiro atoms. The van der Waals surface area contributed by atoms with Crippen LogP contribution in [0.15, 0.2) is 63.7 Å². The van der Waals surface area contributed by atoms with Gasteiger partial charge in [-0.25, -0.2) is 4.79 Å². The summed E-state index contributed by atoms with van der Waals surface area (Å²) in [5.74, 6) is -1.52. The van der Waals surface area contributed by atoms with Gasteiger partial charge in [-0.2, -0.15) is 0 Å². The first kappa shape index (κ1) is 25.9. The molecule has 1 saturated heterocycles. The van der Waals surface area contributed by atoms with E-state index in [2.05, 4.69) is 5.32 Å². The molecule has 196 valence electrons. The Bertz CT molecular complexity index is 1520. The van der Waals surface area contributed by atoms with Crippen LogP contribution in [0.1, 0.15) is 54.7 Å². The van der Waals surface area contributed by atoms with Gasteiger partial charge in [-0.05, 0) is 91.5 Å². The highest BCUT2D eigenvalue weighted by Crippen LogP contribution is 2.54. The van der Waals surface area contributed by atoms with E-state index in [1.165, 1.54) is 27.6 Å². The number of aryl methyl sites for hydroxylation is 4. The molecular formula is C29H29N3O4S2. The second-order valence-electron chi connectivity index (χ2n) is 9.76. The van der Waals surface area contributed by atoms with Crippen LogP contribution >= 0.6 is 22.7 Å². The fourth-order valence-corrected chi connectivity index (χ4v) is 7.61. The van der Waals surface area contributed by atoms with Gasteiger partial charge in [0.2, 0.25) is 11.7 Å². The minimum absolute atomic E-state index is 0.204. The first-order valence-electron chi connectivity index (χ1n) is 12.3. The number of rotatable bonds is 6. The average Bonchev–Trinajstić information content (AvgIpc) is 3.64. The van der Waals surface area contributed by atoms with Gasteiger partial charge in [0.1, 0.15) is 11.8 Å². The highest BCUT2D eigenvalue weighted by molar-refractivity contribution is 7.10. The molecule has 3 amide bonds. The molecule has 38 heavy (non-hydrogen) atoms. The number of thiophene rings is 2. The van der Waals surface area contributed by atoms with Gasteiger partial charge in [-0.15, -0.1) is 22.7 Å². The smallest absolute Gasteiger partial charge is 0.323 e. The Hall–Kier alpha value is -3.69. The Morgan fingerprint density at radius 1 is 0.921 bits per heavy atom. The normalized spacial score (nSPS) is 21.0. The fraction of sp³-hybridized carbons (Fsp3) is 0.276. The summed E-state index contributed by atoms with van der Waals surface area (Å²) in [7, 11) is 0. The molecule has 9 heteroatoms. The maximum Gasteiger partial charge on any atom is 0.323 e. The van der Waals surface area contributed by atoms with Gasteiger partial charge in [-0.3, -0.25) is 9.59 Å². The Kier molecular flexibility index (Phi) is 6.98. The van der Waals surface area contributed by atoms with Gasteiger partial charge < -0.3 is 20.4 Å². The van der Waals surface area contributed by atoms with Crippen molar-refractivity contribution in [3.8, 4) is 0 Å². The number of nitrogens with one attached hydrogen (secondary N) is 1. The minimum Gasteiger partial charge on any atom is -0.458 e. The number of carbonyl (C=O) groups is 3. The topological polar surface area (TPSA) is 106 Å². The van der Waals surface area contributed by atoms with Gasteiger partial charge in [0, 0.05) is 21.4 Å². The van der Waals surface area contributed by atoms with Crippen molar-refractivity contribution in [2.24, 2.45) is 11.7 Å². The van der Waals surface area contributed by atoms with Gasteiger partial charge in [0.05, 0.1) is 12.0 Å². The molecular weight excluding hydrogens is 518 g/mol. The lowest BCUT2D eigenvalue weighted by molar-refractivity contribution is -0.122. The van der Waals surface area contributed by atoms with E-state index in [-0.39, 0.29) is 11.5 Å². The fourth-order valence-electron chi connectivity index (χ4n) is 5.44. The summed E-state index contributed by atoms with van der Waals surface area (Å²) in [6.45, 7) is 7.61. The molecule has 4 atom stereocenters. The van der Waals surface area contributed by atoms with E-state index < -0.39 is 35.9 Å². The summed E-state index contributed by atoms with van der Waals surface area (Å²) in [6, 6.07) is 12.5. The number of amides is 3. The van der Waals surface area contributed by atoms with E-state index in [4.69, 9.17) is 10.2 Å². The number of hydrogen-bond donors (Lipinski definition) is 2. The lowest BCUT2D eigenvalue weighted by Gasteiger charge is -2.30. The monoisotopic (exact) mass is 547 g/mol. The summed E-state index contributed by atoms with van der Waals surface area (Å²) in [5, 5.41) is 6.82. The van der Waals surface area contributed by atoms with Crippen molar-refractivity contribution in [3.63, 3.8) is 0 Å². The van der Waals surface area contributed by atoms with Crippen LogP contribution in [-0.2, 0) is 4.79 Å². The third-order valence-electron chi connectivity index (χ3n) is 7.12. The number of carbonyl (C=O) groups excluding carboxylic acids is 3. The van der Waals surface area contributed by atoms with Crippen molar-refractivity contribution in [3.05, 3.63) is 97.3 Å². The standard InChI is InChI=1S/C29H29N3O4S2/c1-15-6-5-7-19(14-15)31-29(35)32-23(27-17(3)11-13-38-27)21(25(33)20-9-8-18(4)36-20)22(24(32)28(30)34)26-16(2)10-12-37-26/h5-14,21-24H,1-4H3,(H2,30,34)(H,31,35). The van der Waals surface area contributed by atoms with Crippen molar-refractivity contribution < 1.29 is 18.8 Å². The molecule has 7 nitrogen and oxygen atoms in total. The maximum atomic E-state index is 14.2. The van der Waals surface area contributed by atoms with E-state index in [1.807, 2.05) is 61.9 Å². The van der Waals surface area contributed by atoms with Crippen LogP contribution in [0.25, 0.3) is 0 Å². The number of primary amides is 1. The lowest BCUT2D eigenvalue weighted by Crippen LogP contribution is -2.48. The number of urea groups is 1. The summed E-state index contributed by atoms with van der Waals surface area (Å²) < 4.78 is 5.77. The highest BCUT2D eigenvalue weighted by atomic mass is 32.1. The molecule has 1 aliphatic heterocycles. The van der Waals surface area contributed by atoms with E-state index >= 15 is 0 Å². The number of anilines is 1. The Labute approximate surface area is 229 Å². The molecule has 0 radical (unpaired) electrons. The van der Waals surface area contributed by atoms with Crippen LogP contribution < -0.4 is 11.1 Å². The van der Waals surface area contributed by atoms with Crippen LogP contribution in [0.5, 0.6) is 0 Å². The lowest BCUT2D eigenvalue weighted by atomic mass is 9.80. The number of likely N-dealkylation sites (tertiary alicyclic amines) is 1. The largest absolute Gasteiger partial charge is 0.458 e. The van der Waals surface area contributed by atoms with Gasteiger partial charge in [0.15, 0.2) is 5.76 Å². The number of Topliss-reactive ketones (excluding diaryl/α,β-unsaturated/α-hetero) is 1. The Morgan fingerprint density at radius 2 is 1.61 bits per heavy atom. The number of furan rings is 1. The molecule has 0 saturated carbocycles. The third-order valence-corrected chi connectivity index (χ3v) is 9.33. The summed E-state index contributed by atoms with van der Waals surface area (Å²) in [6.07, 6.45) is 0. The molecule has 0 aliphatic carbocycles. The number of benzene rings is 1. The summed E-state index contributed by atoms with van der Waals surface area (Å²) in [4.78, 5) is 44.7. The SMILES string of the molecule is Cc1cccc(NC(=O)N2C(C(N)=O)C(c3sccc3C)C(C(=O)c3ccc(C)o3)C2c2sccc2C)c1. The molecule has 0 bridgehead atoms. The molecule has 5 rings (SSSR count). The van der Waals surface area contributed by atoms with Crippen molar-refractivity contribution in [2.75, 3.05) is 5.32 Å². The third kappa shape index (κ3) is 4.56. The van der Waals surface area contributed by atoms with Crippen LogP contribution in [0.4, 0.5) is 10.5 Å². The van der Waals surface area contributed by atoms with Gasteiger partial charge in [-0.1, -0.05) is 12.1 Å². The molecule has 1 fully saturated rings. The van der Waals surface area contributed by atoms with Crippen molar-refractivity contribution in [1.82, 2.24) is 4.90 Å². The number of ketones is 1. The molecule has 1 aliphatic rings. The Morgan fingerprint density at radius 3 is 2.16 bits per heavy atom. The van der Waals surface area contributed by atoms with Crippen molar-refractivity contribution in [1.29, 1.82) is 0 Å². The maximum absolute atomic E-state index is 14.2. The summed E-state index contributed by atoms with van der Waals surface area (Å²) in [5.41, 5.74) is 9.53. The number of nitrogens with two attached hydrogens (primary N) is 1. The average molecular weight is 548 g/mol. The van der Waals surface area contributed by atoms with Crippen molar-refractivity contribution >= 4 is 46.1 Å². The Balaban J connectivity index is 1.71. The summed E-state index contributed by atoms with van der Waals surface area (Å²) >= 11 is 2.93. The van der Waals surface area contributed by atoms with E-state index in [9.17, 15) is 14.4 Å². The zero-order valence-corrected chi connectivity index (χ0v) is 23.2. The molecule has 4 heterocycles. The van der Waals surface area contributed by atoms with E-state index in [0.29, 0.717) is 11.4 Å². The number of nitrogens with zero attached hydrogens (tertiary/aromatic N) is 1. The van der Waals surface area contributed by atoms with Crippen molar-refractivity contribution in [2.45, 2.75) is 45.7 Å². The highest BCUT2D eigenvalue weighted by Gasteiger charge is 2.58. The molecule has 3 N–H and O–H groups in total. The van der Waals surface area contributed by atoms with E-state index in [1.54, 1.807) is 25.1 Å². The predicted molar refractivity (Wildman–Crippen MR) is 150 cm³/mol. The quantitative estimate of drug-likeness (QED) is 0.274. The zero-order valence-electron chi connectivity index (χ0n) is 21.6. The zero-order chi connectivity index (χ0) is 27.1. The van der Waals surface area contributed by atoms with Crippen LogP contribution in [0.3, 0.4) is 0 Å². The minimum atomic E-state index is -1.05. The second kappa shape index (κ2) is 10.2. The second-order valence-corrected chi connectivity index (χ2v) is 11.7. The first-order chi connectivity index (χ1) is 18.2. The van der Waals surface area contributed by atoms with Crippen LogP contribution in [0.2, 0.25) is 0 Å². The number of hydrogen-bond acceptors (Lipinski definition) is 6. The van der Waals surface area contributed by atoms with Gasteiger partial charge >= 0.3 is 6.03 Å². The predicted octanol–water partition coefficient (Wildman–Crippen LogP) is 6.36. The molecule has 1 aromatic carbocycles. The van der Waals surface area contributed by atoms with E-state index in [0.717, 1.165) is 26.4 Å².